The molecule has 1 aliphatic carbocycles. The number of anilines is 2. The van der Waals surface area contributed by atoms with Crippen molar-refractivity contribution in [2.75, 3.05) is 22.9 Å². The summed E-state index contributed by atoms with van der Waals surface area (Å²) < 4.78 is 6.25. The van der Waals surface area contributed by atoms with Crippen LogP contribution in [0.4, 0.5) is 11.4 Å². The molecule has 0 radical (unpaired) electrons. The van der Waals surface area contributed by atoms with Gasteiger partial charge in [0.05, 0.1) is 11.4 Å². The largest absolute Gasteiger partial charge is 0.456 e. The minimum Gasteiger partial charge on any atom is -0.456 e. The van der Waals surface area contributed by atoms with Crippen molar-refractivity contribution < 1.29 is 9.53 Å². The van der Waals surface area contributed by atoms with Crippen LogP contribution in [0.5, 0.6) is 11.5 Å². The molecule has 1 fully saturated rings. The number of aryl methyl sites for hydroxylation is 3. The highest BCUT2D eigenvalue weighted by Crippen LogP contribution is 2.41. The Morgan fingerprint density at radius 1 is 0.935 bits per heavy atom. The van der Waals surface area contributed by atoms with Crippen LogP contribution in [0.25, 0.3) is 0 Å². The monoisotopic (exact) mass is 413 g/mol. The number of ether oxygens (including phenoxy) is 1. The second-order valence-corrected chi connectivity index (χ2v) is 8.55. The van der Waals surface area contributed by atoms with Gasteiger partial charge in [-0.1, -0.05) is 18.2 Å². The van der Waals surface area contributed by atoms with Crippen LogP contribution in [-0.4, -0.2) is 30.0 Å². The topological polar surface area (TPSA) is 45.7 Å². The molecule has 5 rings (SSSR count). The van der Waals surface area contributed by atoms with Gasteiger partial charge in [-0.25, -0.2) is 0 Å². The van der Waals surface area contributed by atoms with Crippen molar-refractivity contribution in [1.82, 2.24) is 4.98 Å². The van der Waals surface area contributed by atoms with E-state index in [4.69, 9.17) is 4.74 Å². The molecule has 0 bridgehead atoms. The van der Waals surface area contributed by atoms with Crippen LogP contribution in [0, 0.1) is 20.8 Å². The molecule has 0 atom stereocenters. The molecule has 0 spiro atoms. The van der Waals surface area contributed by atoms with Crippen LogP contribution in [0.1, 0.15) is 39.9 Å². The highest BCUT2D eigenvalue weighted by molar-refractivity contribution is 6.09. The third kappa shape index (κ3) is 3.65. The lowest BCUT2D eigenvalue weighted by atomic mass is 10.1. The van der Waals surface area contributed by atoms with Gasteiger partial charge in [0.15, 0.2) is 0 Å². The summed E-state index contributed by atoms with van der Waals surface area (Å²) in [6.07, 6.45) is 5.75. The zero-order valence-electron chi connectivity index (χ0n) is 18.3. The lowest BCUT2D eigenvalue weighted by molar-refractivity contribution is 0.0984. The smallest absolute Gasteiger partial charge is 0.263 e. The Hall–Kier alpha value is -3.34. The molecule has 5 nitrogen and oxygen atoms in total. The SMILES string of the molecule is Cc1cc(C)c(Oc2ccncc2C(=O)N2CCN(C3CC3)c3ccccc32)cc1C. The normalized spacial score (nSPS) is 15.6. The predicted molar refractivity (Wildman–Crippen MR) is 123 cm³/mol. The minimum absolute atomic E-state index is 0.0764. The number of para-hydroxylation sites is 2. The number of carbonyl (C=O) groups is 1. The van der Waals surface area contributed by atoms with Crippen molar-refractivity contribution in [1.29, 1.82) is 0 Å². The van der Waals surface area contributed by atoms with Crippen molar-refractivity contribution in [3.05, 3.63) is 77.1 Å². The molecule has 1 aromatic heterocycles. The summed E-state index contributed by atoms with van der Waals surface area (Å²) in [5.41, 5.74) is 6.01. The van der Waals surface area contributed by atoms with Crippen LogP contribution in [0.15, 0.2) is 54.9 Å². The number of hydrogen-bond acceptors (Lipinski definition) is 4. The van der Waals surface area contributed by atoms with E-state index in [9.17, 15) is 4.79 Å². The fraction of sp³-hybridized carbons (Fsp3) is 0.308. The van der Waals surface area contributed by atoms with E-state index in [1.54, 1.807) is 18.5 Å². The first-order valence-electron chi connectivity index (χ1n) is 10.9. The molecule has 3 aromatic rings. The Balaban J connectivity index is 1.48. The first-order valence-corrected chi connectivity index (χ1v) is 10.9. The number of benzene rings is 2. The molecule has 2 heterocycles. The third-order valence-electron chi connectivity index (χ3n) is 6.30. The highest BCUT2D eigenvalue weighted by atomic mass is 16.5. The van der Waals surface area contributed by atoms with E-state index >= 15 is 0 Å². The fourth-order valence-corrected chi connectivity index (χ4v) is 4.30. The summed E-state index contributed by atoms with van der Waals surface area (Å²) in [6, 6.07) is 14.7. The lowest BCUT2D eigenvalue weighted by Crippen LogP contribution is -2.45. The number of hydrogen-bond donors (Lipinski definition) is 0. The van der Waals surface area contributed by atoms with E-state index in [0.717, 1.165) is 34.8 Å². The van der Waals surface area contributed by atoms with Crippen LogP contribution in [0.2, 0.25) is 0 Å². The van der Waals surface area contributed by atoms with Gasteiger partial charge in [-0.2, -0.15) is 0 Å². The maximum atomic E-state index is 13.7. The predicted octanol–water partition coefficient (Wildman–Crippen LogP) is 5.43. The second kappa shape index (κ2) is 7.73. The van der Waals surface area contributed by atoms with Crippen LogP contribution in [0.3, 0.4) is 0 Å². The van der Waals surface area contributed by atoms with E-state index < -0.39 is 0 Å². The van der Waals surface area contributed by atoms with Gasteiger partial charge in [0, 0.05) is 31.5 Å². The molecule has 5 heteroatoms. The number of fused-ring (bicyclic) bond motifs is 1. The lowest BCUT2D eigenvalue weighted by Gasteiger charge is -2.38. The second-order valence-electron chi connectivity index (χ2n) is 8.55. The molecule has 1 aliphatic heterocycles. The molecule has 0 saturated heterocycles. The van der Waals surface area contributed by atoms with Gasteiger partial charge in [-0.05, 0) is 74.6 Å². The molecule has 2 aliphatic rings. The van der Waals surface area contributed by atoms with Crippen molar-refractivity contribution in [3.63, 3.8) is 0 Å². The fourth-order valence-electron chi connectivity index (χ4n) is 4.30. The van der Waals surface area contributed by atoms with E-state index in [1.165, 1.54) is 18.4 Å². The number of amides is 1. The molecule has 1 amide bonds. The van der Waals surface area contributed by atoms with E-state index in [2.05, 4.69) is 35.9 Å². The summed E-state index contributed by atoms with van der Waals surface area (Å²) in [5.74, 6) is 1.23. The third-order valence-corrected chi connectivity index (χ3v) is 6.30. The van der Waals surface area contributed by atoms with Crippen molar-refractivity contribution >= 4 is 17.3 Å². The number of carbonyl (C=O) groups excluding carboxylic acids is 1. The number of aromatic nitrogens is 1. The maximum Gasteiger partial charge on any atom is 0.263 e. The Bertz CT molecular complexity index is 1150. The molecule has 158 valence electrons. The van der Waals surface area contributed by atoms with Gasteiger partial charge in [0.25, 0.3) is 5.91 Å². The number of nitrogens with zero attached hydrogens (tertiary/aromatic N) is 3. The van der Waals surface area contributed by atoms with Crippen LogP contribution >= 0.6 is 0 Å². The van der Waals surface area contributed by atoms with Gasteiger partial charge in [0.1, 0.15) is 17.1 Å². The van der Waals surface area contributed by atoms with E-state index in [0.29, 0.717) is 23.9 Å². The van der Waals surface area contributed by atoms with Gasteiger partial charge >= 0.3 is 0 Å². The van der Waals surface area contributed by atoms with Gasteiger partial charge in [0.2, 0.25) is 0 Å². The first kappa shape index (κ1) is 19.6. The van der Waals surface area contributed by atoms with Crippen molar-refractivity contribution in [2.45, 2.75) is 39.7 Å². The Kier molecular flexibility index (Phi) is 4.89. The van der Waals surface area contributed by atoms with E-state index in [1.807, 2.05) is 36.1 Å². The molecular weight excluding hydrogens is 386 g/mol. The average Bonchev–Trinajstić information content (AvgIpc) is 3.62. The molecule has 0 unspecified atom stereocenters. The van der Waals surface area contributed by atoms with Crippen LogP contribution < -0.4 is 14.5 Å². The average molecular weight is 414 g/mol. The highest BCUT2D eigenvalue weighted by Gasteiger charge is 2.36. The zero-order chi connectivity index (χ0) is 21.5. The number of rotatable bonds is 4. The quantitative estimate of drug-likeness (QED) is 0.572. The summed E-state index contributed by atoms with van der Waals surface area (Å²) in [5, 5.41) is 0. The summed E-state index contributed by atoms with van der Waals surface area (Å²) in [6.45, 7) is 7.68. The molecular formula is C26H27N3O2. The van der Waals surface area contributed by atoms with Crippen LogP contribution in [-0.2, 0) is 0 Å². The Labute approximate surface area is 183 Å². The first-order chi connectivity index (χ1) is 15.0. The van der Waals surface area contributed by atoms with Crippen molar-refractivity contribution in [2.24, 2.45) is 0 Å². The van der Waals surface area contributed by atoms with Gasteiger partial charge < -0.3 is 14.5 Å². The van der Waals surface area contributed by atoms with Gasteiger partial charge in [-0.3, -0.25) is 9.78 Å². The van der Waals surface area contributed by atoms with E-state index in [-0.39, 0.29) is 5.91 Å². The van der Waals surface area contributed by atoms with Gasteiger partial charge in [-0.15, -0.1) is 0 Å². The summed E-state index contributed by atoms with van der Waals surface area (Å²) in [7, 11) is 0. The zero-order valence-corrected chi connectivity index (χ0v) is 18.3. The molecule has 1 saturated carbocycles. The number of pyridine rings is 1. The summed E-state index contributed by atoms with van der Waals surface area (Å²) >= 11 is 0. The maximum absolute atomic E-state index is 13.7. The molecule has 0 N–H and O–H groups in total. The minimum atomic E-state index is -0.0764. The Morgan fingerprint density at radius 3 is 2.45 bits per heavy atom. The van der Waals surface area contributed by atoms with Crippen molar-refractivity contribution in [3.8, 4) is 11.5 Å². The standard InChI is InChI=1S/C26H27N3O2/c1-17-14-19(3)25(15-18(17)2)31-24-10-11-27-16-21(24)26(30)29-13-12-28(20-8-9-20)22-6-4-5-7-23(22)29/h4-7,10-11,14-16,20H,8-9,12-13H2,1-3H3. The summed E-state index contributed by atoms with van der Waals surface area (Å²) in [4.78, 5) is 22.2. The Morgan fingerprint density at radius 2 is 1.68 bits per heavy atom. The molecule has 2 aromatic carbocycles. The molecule has 31 heavy (non-hydrogen) atoms.